The second kappa shape index (κ2) is 14.6. The van der Waals surface area contributed by atoms with E-state index < -0.39 is 28.5 Å². The monoisotopic (exact) mass is 708 g/mol. The normalized spacial score (nSPS) is 15.4. The first-order chi connectivity index (χ1) is 23.6. The Balaban J connectivity index is 1.20. The number of sulfonamides is 1. The predicted octanol–water partition coefficient (Wildman–Crippen LogP) is 4.65. The van der Waals surface area contributed by atoms with Crippen LogP contribution in [0, 0.1) is 6.92 Å². The molecule has 2 aliphatic heterocycles. The number of methoxy groups -OCH3 is 1. The van der Waals surface area contributed by atoms with Gasteiger partial charge >= 0.3 is 5.97 Å². The molecule has 0 radical (unpaired) electrons. The number of hydrogen-bond acceptors (Lipinski definition) is 9. The third-order valence-electron chi connectivity index (χ3n) is 8.82. The maximum atomic E-state index is 13.6. The van der Waals surface area contributed by atoms with Crippen molar-refractivity contribution < 1.29 is 37.0 Å². The number of carbonyl (C=O) groups excluding carboxylic acids is 3. The lowest BCUT2D eigenvalue weighted by molar-refractivity contribution is -0.146. The summed E-state index contributed by atoms with van der Waals surface area (Å²) < 4.78 is 45.8. The van der Waals surface area contributed by atoms with Gasteiger partial charge in [-0.3, -0.25) is 19.0 Å². The van der Waals surface area contributed by atoms with Gasteiger partial charge in [-0.05, 0) is 86.0 Å². The molecular formula is C35H37ClN4O8S. The fourth-order valence-corrected chi connectivity index (χ4v) is 7.83. The molecule has 4 aromatic rings. The molecule has 258 valence electrons. The van der Waals surface area contributed by atoms with E-state index in [4.69, 9.17) is 25.8 Å². The first-order valence-electron chi connectivity index (χ1n) is 16.0. The summed E-state index contributed by atoms with van der Waals surface area (Å²) in [5.41, 5.74) is 3.11. The summed E-state index contributed by atoms with van der Waals surface area (Å²) in [6, 6.07) is 16.5. The Morgan fingerprint density at radius 1 is 0.939 bits per heavy atom. The van der Waals surface area contributed by atoms with E-state index >= 15 is 0 Å². The summed E-state index contributed by atoms with van der Waals surface area (Å²) in [5, 5.41) is 3.91. The highest BCUT2D eigenvalue weighted by molar-refractivity contribution is 7.89. The summed E-state index contributed by atoms with van der Waals surface area (Å²) in [6.07, 6.45) is 1.74. The minimum absolute atomic E-state index is 0.0556. The van der Waals surface area contributed by atoms with Crippen molar-refractivity contribution in [3.63, 3.8) is 0 Å². The van der Waals surface area contributed by atoms with Gasteiger partial charge in [0.05, 0.1) is 48.5 Å². The van der Waals surface area contributed by atoms with Crippen LogP contribution in [-0.2, 0) is 35.5 Å². The number of nitrogens with one attached hydrogen (secondary N) is 1. The second-order valence-electron chi connectivity index (χ2n) is 11.9. The molecule has 2 aliphatic rings. The van der Waals surface area contributed by atoms with Crippen LogP contribution >= 0.6 is 11.6 Å². The zero-order valence-corrected chi connectivity index (χ0v) is 28.8. The molecule has 12 nitrogen and oxygen atoms in total. The van der Waals surface area contributed by atoms with Crippen molar-refractivity contribution in [2.75, 3.05) is 63.3 Å². The number of fused-ring (bicyclic) bond motifs is 1. The molecule has 1 N–H and O–H groups in total. The van der Waals surface area contributed by atoms with E-state index in [1.807, 2.05) is 0 Å². The number of carbonyl (C=O) groups is 3. The summed E-state index contributed by atoms with van der Waals surface area (Å²) in [6.45, 7) is 3.80. The predicted molar refractivity (Wildman–Crippen MR) is 185 cm³/mol. The number of amides is 1. The van der Waals surface area contributed by atoms with Gasteiger partial charge in [0.2, 0.25) is 10.0 Å². The lowest BCUT2D eigenvalue weighted by atomic mass is 10.1. The van der Waals surface area contributed by atoms with Crippen molar-refractivity contribution >= 4 is 61.7 Å². The maximum Gasteiger partial charge on any atom is 0.310 e. The molecule has 6 rings (SSSR count). The Bertz CT molecular complexity index is 2000. The minimum Gasteiger partial charge on any atom is -0.497 e. The van der Waals surface area contributed by atoms with Crippen LogP contribution in [0.25, 0.3) is 10.9 Å². The van der Waals surface area contributed by atoms with Crippen LogP contribution in [0.5, 0.6) is 5.75 Å². The molecule has 14 heteroatoms. The molecule has 0 bridgehead atoms. The van der Waals surface area contributed by atoms with Crippen molar-refractivity contribution in [1.29, 1.82) is 0 Å². The Labute approximate surface area is 289 Å². The standard InChI is InChI=1S/C35H37ClN4O8S/c1-23-28(29-19-26(46-2)9-11-31(29)40(23)35(43)24-5-7-25(36)8-6-24)21-34(42)48-22-33(41)37-30-20-27(10-12-32(30)38-13-3-4-14-38)49(44,45)39-15-17-47-18-16-39/h5-12,19-20H,3-4,13-18,21-22H2,1-2H3,(H,37,41). The molecule has 0 unspecified atom stereocenters. The number of aromatic nitrogens is 1. The van der Waals surface area contributed by atoms with Gasteiger partial charge < -0.3 is 24.4 Å². The van der Waals surface area contributed by atoms with Crippen molar-refractivity contribution in [3.8, 4) is 5.75 Å². The Morgan fingerprint density at radius 2 is 1.65 bits per heavy atom. The van der Waals surface area contributed by atoms with Gasteiger partial charge in [-0.15, -0.1) is 0 Å². The van der Waals surface area contributed by atoms with Gasteiger partial charge in [0.15, 0.2) is 6.61 Å². The van der Waals surface area contributed by atoms with Gasteiger partial charge in [-0.1, -0.05) is 11.6 Å². The fourth-order valence-electron chi connectivity index (χ4n) is 6.27. The SMILES string of the molecule is COc1ccc2c(c1)c(CC(=O)OCC(=O)Nc1cc(S(=O)(=O)N3CCOCC3)ccc1N1CCCC1)c(C)n2C(=O)c1ccc(Cl)cc1. The second-order valence-corrected chi connectivity index (χ2v) is 14.2. The zero-order chi connectivity index (χ0) is 34.7. The molecule has 1 amide bonds. The smallest absolute Gasteiger partial charge is 0.310 e. The first kappa shape index (κ1) is 34.4. The third-order valence-corrected chi connectivity index (χ3v) is 11.0. The van der Waals surface area contributed by atoms with Gasteiger partial charge in [-0.2, -0.15) is 4.31 Å². The van der Waals surface area contributed by atoms with Crippen LogP contribution in [0.3, 0.4) is 0 Å². The molecule has 0 spiro atoms. The number of halogens is 1. The van der Waals surface area contributed by atoms with Gasteiger partial charge in [0.25, 0.3) is 11.8 Å². The molecule has 2 saturated heterocycles. The van der Waals surface area contributed by atoms with Gasteiger partial charge in [-0.25, -0.2) is 8.42 Å². The lowest BCUT2D eigenvalue weighted by Crippen LogP contribution is -2.40. The first-order valence-corrected chi connectivity index (χ1v) is 17.8. The average molecular weight is 709 g/mol. The van der Waals surface area contributed by atoms with Crippen LogP contribution in [0.4, 0.5) is 11.4 Å². The van der Waals surface area contributed by atoms with E-state index in [-0.39, 0.29) is 30.3 Å². The summed E-state index contributed by atoms with van der Waals surface area (Å²) in [4.78, 5) is 42.1. The molecule has 49 heavy (non-hydrogen) atoms. The van der Waals surface area contributed by atoms with E-state index in [2.05, 4.69) is 10.2 Å². The number of morpholine rings is 1. The number of esters is 1. The quantitative estimate of drug-likeness (QED) is 0.234. The highest BCUT2D eigenvalue weighted by atomic mass is 35.5. The number of nitrogens with zero attached hydrogens (tertiary/aromatic N) is 3. The van der Waals surface area contributed by atoms with E-state index in [1.165, 1.54) is 22.0 Å². The number of benzene rings is 3. The number of ether oxygens (including phenoxy) is 3. The highest BCUT2D eigenvalue weighted by Gasteiger charge is 2.29. The topological polar surface area (TPSA) is 136 Å². The Kier molecular flexibility index (Phi) is 10.3. The van der Waals surface area contributed by atoms with Crippen molar-refractivity contribution in [2.45, 2.75) is 31.1 Å². The van der Waals surface area contributed by atoms with Crippen LogP contribution < -0.4 is 15.0 Å². The summed E-state index contributed by atoms with van der Waals surface area (Å²) >= 11 is 6.03. The summed E-state index contributed by atoms with van der Waals surface area (Å²) in [7, 11) is -2.29. The molecule has 2 fully saturated rings. The average Bonchev–Trinajstić information content (AvgIpc) is 3.74. The minimum atomic E-state index is -3.81. The van der Waals surface area contributed by atoms with Crippen molar-refractivity contribution in [3.05, 3.63) is 82.5 Å². The van der Waals surface area contributed by atoms with Crippen LogP contribution in [0.1, 0.15) is 34.5 Å². The zero-order valence-electron chi connectivity index (χ0n) is 27.2. The number of anilines is 2. The fraction of sp³-hybridized carbons (Fsp3) is 0.343. The van der Waals surface area contributed by atoms with Crippen LogP contribution in [-0.4, -0.2) is 88.2 Å². The molecule has 3 heterocycles. The molecule has 3 aromatic carbocycles. The Hall–Kier alpha value is -4.43. The molecule has 1 aromatic heterocycles. The van der Waals surface area contributed by atoms with Gasteiger partial charge in [0, 0.05) is 47.8 Å². The summed E-state index contributed by atoms with van der Waals surface area (Å²) in [5.74, 6) is -1.05. The Morgan fingerprint density at radius 3 is 2.35 bits per heavy atom. The number of hydrogen-bond donors (Lipinski definition) is 1. The number of rotatable bonds is 10. The maximum absolute atomic E-state index is 13.6. The van der Waals surface area contributed by atoms with Crippen LogP contribution in [0.2, 0.25) is 5.02 Å². The van der Waals surface area contributed by atoms with E-state index in [1.54, 1.807) is 61.5 Å². The van der Waals surface area contributed by atoms with Crippen molar-refractivity contribution in [2.24, 2.45) is 0 Å². The van der Waals surface area contributed by atoms with E-state index in [0.29, 0.717) is 63.1 Å². The molecule has 0 aliphatic carbocycles. The molecule has 0 atom stereocenters. The van der Waals surface area contributed by atoms with Crippen LogP contribution in [0.15, 0.2) is 65.6 Å². The third kappa shape index (κ3) is 7.30. The largest absolute Gasteiger partial charge is 0.497 e. The molecular weight excluding hydrogens is 672 g/mol. The van der Waals surface area contributed by atoms with E-state index in [0.717, 1.165) is 25.9 Å². The van der Waals surface area contributed by atoms with Crippen molar-refractivity contribution in [1.82, 2.24) is 8.87 Å². The van der Waals surface area contributed by atoms with E-state index in [9.17, 15) is 22.8 Å². The molecule has 0 saturated carbocycles. The lowest BCUT2D eigenvalue weighted by Gasteiger charge is -2.27. The van der Waals surface area contributed by atoms with Gasteiger partial charge in [0.1, 0.15) is 5.75 Å². The highest BCUT2D eigenvalue weighted by Crippen LogP contribution is 2.33.